The van der Waals surface area contributed by atoms with E-state index in [4.69, 9.17) is 4.84 Å². The summed E-state index contributed by atoms with van der Waals surface area (Å²) >= 11 is 0. The van der Waals surface area contributed by atoms with Crippen molar-refractivity contribution in [3.05, 3.63) is 60.2 Å². The molecule has 23 heavy (non-hydrogen) atoms. The van der Waals surface area contributed by atoms with E-state index < -0.39 is 26.0 Å². The first kappa shape index (κ1) is 17.6. The molecule has 6 nitrogen and oxygen atoms in total. The van der Waals surface area contributed by atoms with Crippen LogP contribution in [0.15, 0.2) is 64.4 Å². The van der Waals surface area contributed by atoms with Gasteiger partial charge in [-0.05, 0) is 24.6 Å². The molecule has 0 saturated heterocycles. The first-order chi connectivity index (χ1) is 10.7. The highest BCUT2D eigenvalue weighted by Gasteiger charge is 2.24. The molecular weight excluding hydrogens is 338 g/mol. The van der Waals surface area contributed by atoms with Crippen LogP contribution in [0.3, 0.4) is 0 Å². The van der Waals surface area contributed by atoms with Crippen molar-refractivity contribution in [3.63, 3.8) is 0 Å². The zero-order valence-corrected chi connectivity index (χ0v) is 14.3. The molecule has 0 aromatic heterocycles. The van der Waals surface area contributed by atoms with Crippen molar-refractivity contribution in [2.45, 2.75) is 22.8 Å². The maximum Gasteiger partial charge on any atom is 0.263 e. The van der Waals surface area contributed by atoms with Crippen molar-refractivity contribution in [1.82, 2.24) is 4.89 Å². The first-order valence-electron chi connectivity index (χ1n) is 6.73. The summed E-state index contributed by atoms with van der Waals surface area (Å²) in [5.41, 5.74) is 0.784. The van der Waals surface area contributed by atoms with Gasteiger partial charge in [-0.15, -0.1) is 0 Å². The molecule has 0 heterocycles. The standard InChI is InChI=1S/C15H17NO5S2/c1-12(13-8-4-3-5-9-13)21-16-23(19,20)15-11-7-6-10-14(15)22(2,17)18/h3-12,16H,1-2H3. The number of nitrogens with one attached hydrogen (secondary N) is 1. The quantitative estimate of drug-likeness (QED) is 0.801. The Labute approximate surface area is 136 Å². The summed E-state index contributed by atoms with van der Waals surface area (Å²) in [6, 6.07) is 14.4. The van der Waals surface area contributed by atoms with E-state index in [9.17, 15) is 16.8 Å². The largest absolute Gasteiger partial charge is 0.279 e. The average Bonchev–Trinajstić information content (AvgIpc) is 2.53. The minimum atomic E-state index is -4.13. The molecule has 8 heteroatoms. The van der Waals surface area contributed by atoms with Crippen molar-refractivity contribution < 1.29 is 21.7 Å². The minimum absolute atomic E-state index is 0.275. The third-order valence-corrected chi connectivity index (χ3v) is 5.68. The fourth-order valence-corrected chi connectivity index (χ4v) is 4.44. The highest BCUT2D eigenvalue weighted by molar-refractivity contribution is 7.93. The summed E-state index contributed by atoms with van der Waals surface area (Å²) in [6.07, 6.45) is 0.422. The summed E-state index contributed by atoms with van der Waals surface area (Å²) in [7, 11) is -7.81. The molecule has 0 amide bonds. The van der Waals surface area contributed by atoms with Gasteiger partial charge in [0.05, 0.1) is 4.90 Å². The average molecular weight is 355 g/mol. The Morgan fingerprint density at radius 2 is 1.39 bits per heavy atom. The molecule has 124 valence electrons. The Balaban J connectivity index is 2.24. The SMILES string of the molecule is CC(ONS(=O)(=O)c1ccccc1S(C)(=O)=O)c1ccccc1. The van der Waals surface area contributed by atoms with E-state index in [1.165, 1.54) is 24.3 Å². The zero-order valence-electron chi connectivity index (χ0n) is 12.6. The van der Waals surface area contributed by atoms with Crippen LogP contribution in [0, 0.1) is 0 Å². The van der Waals surface area contributed by atoms with Crippen LogP contribution in [-0.4, -0.2) is 23.1 Å². The number of benzene rings is 2. The number of hydrogen-bond acceptors (Lipinski definition) is 5. The maximum absolute atomic E-state index is 12.3. The Morgan fingerprint density at radius 3 is 1.96 bits per heavy atom. The summed E-state index contributed by atoms with van der Waals surface area (Å²) < 4.78 is 48.1. The lowest BCUT2D eigenvalue weighted by molar-refractivity contribution is 0.0281. The topological polar surface area (TPSA) is 89.5 Å². The third kappa shape index (κ3) is 4.38. The van der Waals surface area contributed by atoms with Crippen molar-refractivity contribution in [2.75, 3.05) is 6.26 Å². The van der Waals surface area contributed by atoms with E-state index in [1.54, 1.807) is 19.1 Å². The lowest BCUT2D eigenvalue weighted by Crippen LogP contribution is -2.27. The Hall–Kier alpha value is -1.74. The molecular formula is C15H17NO5S2. The van der Waals surface area contributed by atoms with E-state index in [-0.39, 0.29) is 9.79 Å². The van der Waals surface area contributed by atoms with Crippen LogP contribution < -0.4 is 4.89 Å². The predicted molar refractivity (Wildman–Crippen MR) is 85.8 cm³/mol. The number of rotatable bonds is 6. The molecule has 1 unspecified atom stereocenters. The molecule has 1 N–H and O–H groups in total. The number of sulfonamides is 1. The van der Waals surface area contributed by atoms with Crippen LogP contribution in [0.25, 0.3) is 0 Å². The van der Waals surface area contributed by atoms with Gasteiger partial charge >= 0.3 is 0 Å². The Bertz CT molecular complexity index is 877. The fraction of sp³-hybridized carbons (Fsp3) is 0.200. The van der Waals surface area contributed by atoms with E-state index in [1.807, 2.05) is 23.1 Å². The van der Waals surface area contributed by atoms with E-state index >= 15 is 0 Å². The molecule has 0 fully saturated rings. The Morgan fingerprint density at radius 1 is 0.870 bits per heavy atom. The predicted octanol–water partition coefficient (Wildman–Crippen LogP) is 2.06. The van der Waals surface area contributed by atoms with Gasteiger partial charge in [-0.2, -0.15) is 0 Å². The van der Waals surface area contributed by atoms with Crippen LogP contribution in [0.5, 0.6) is 0 Å². The van der Waals surface area contributed by atoms with Gasteiger partial charge < -0.3 is 0 Å². The van der Waals surface area contributed by atoms with Crippen LogP contribution in [0.2, 0.25) is 0 Å². The number of hydrogen-bond donors (Lipinski definition) is 1. The molecule has 2 aromatic carbocycles. The van der Waals surface area contributed by atoms with Crippen LogP contribution in [0.1, 0.15) is 18.6 Å². The second-order valence-electron chi connectivity index (χ2n) is 4.98. The third-order valence-electron chi connectivity index (χ3n) is 3.14. The van der Waals surface area contributed by atoms with E-state index in [0.29, 0.717) is 0 Å². The molecule has 0 radical (unpaired) electrons. The van der Waals surface area contributed by atoms with Crippen LogP contribution in [0.4, 0.5) is 0 Å². The number of sulfone groups is 1. The molecule has 2 rings (SSSR count). The second kappa shape index (κ2) is 6.79. The zero-order chi connectivity index (χ0) is 17.1. The molecule has 0 aliphatic heterocycles. The van der Waals surface area contributed by atoms with Crippen molar-refractivity contribution in [3.8, 4) is 0 Å². The van der Waals surface area contributed by atoms with Gasteiger partial charge in [-0.3, -0.25) is 4.84 Å². The molecule has 1 atom stereocenters. The summed E-state index contributed by atoms with van der Waals surface area (Å²) in [5, 5.41) is 0. The first-order valence-corrected chi connectivity index (χ1v) is 10.1. The van der Waals surface area contributed by atoms with Gasteiger partial charge in [0.15, 0.2) is 9.84 Å². The molecule has 0 saturated carbocycles. The van der Waals surface area contributed by atoms with Gasteiger partial charge in [-0.1, -0.05) is 47.3 Å². The monoisotopic (exact) mass is 355 g/mol. The van der Waals surface area contributed by atoms with E-state index in [0.717, 1.165) is 11.8 Å². The molecule has 0 bridgehead atoms. The van der Waals surface area contributed by atoms with Gasteiger partial charge in [0.1, 0.15) is 11.0 Å². The van der Waals surface area contributed by atoms with Gasteiger partial charge in [-0.25, -0.2) is 16.8 Å². The molecule has 0 aliphatic carbocycles. The van der Waals surface area contributed by atoms with E-state index in [2.05, 4.69) is 0 Å². The lowest BCUT2D eigenvalue weighted by Gasteiger charge is -2.15. The summed E-state index contributed by atoms with van der Waals surface area (Å²) in [5.74, 6) is 0. The minimum Gasteiger partial charge on any atom is -0.279 e. The fourth-order valence-electron chi connectivity index (χ4n) is 1.95. The second-order valence-corrected chi connectivity index (χ2v) is 8.57. The van der Waals surface area contributed by atoms with Crippen molar-refractivity contribution >= 4 is 19.9 Å². The maximum atomic E-state index is 12.3. The smallest absolute Gasteiger partial charge is 0.263 e. The lowest BCUT2D eigenvalue weighted by atomic mass is 10.1. The molecule has 2 aromatic rings. The highest BCUT2D eigenvalue weighted by atomic mass is 32.2. The van der Waals surface area contributed by atoms with Crippen molar-refractivity contribution in [1.29, 1.82) is 0 Å². The van der Waals surface area contributed by atoms with Crippen LogP contribution >= 0.6 is 0 Å². The van der Waals surface area contributed by atoms with Gasteiger partial charge in [0.2, 0.25) is 0 Å². The normalized spacial score (nSPS) is 13.7. The molecule has 0 spiro atoms. The summed E-state index contributed by atoms with van der Waals surface area (Å²) in [6.45, 7) is 1.68. The molecule has 0 aliphatic rings. The van der Waals surface area contributed by atoms with Crippen molar-refractivity contribution in [2.24, 2.45) is 0 Å². The van der Waals surface area contributed by atoms with Gasteiger partial charge in [0, 0.05) is 6.26 Å². The Kier molecular flexibility index (Phi) is 5.20. The highest BCUT2D eigenvalue weighted by Crippen LogP contribution is 2.21. The van der Waals surface area contributed by atoms with Crippen LogP contribution in [-0.2, 0) is 24.7 Å². The van der Waals surface area contributed by atoms with Gasteiger partial charge in [0.25, 0.3) is 10.0 Å². The summed E-state index contributed by atoms with van der Waals surface area (Å²) in [4.78, 5) is 6.56.